The van der Waals surface area contributed by atoms with E-state index in [1.54, 1.807) is 6.26 Å². The van der Waals surface area contributed by atoms with Crippen molar-refractivity contribution in [1.29, 1.82) is 0 Å². The van der Waals surface area contributed by atoms with Crippen molar-refractivity contribution >= 4 is 23.2 Å². The van der Waals surface area contributed by atoms with Gasteiger partial charge in [-0.3, -0.25) is 4.79 Å². The van der Waals surface area contributed by atoms with Crippen molar-refractivity contribution in [3.8, 4) is 0 Å². The van der Waals surface area contributed by atoms with Crippen LogP contribution in [0.15, 0.2) is 47.1 Å². The molecule has 2 N–H and O–H groups in total. The van der Waals surface area contributed by atoms with E-state index in [0.29, 0.717) is 24.7 Å². The summed E-state index contributed by atoms with van der Waals surface area (Å²) < 4.78 is 11.0. The first-order valence-corrected chi connectivity index (χ1v) is 10.00. The molecule has 1 aromatic carbocycles. The smallest absolute Gasteiger partial charge is 0.239 e. The third-order valence-electron chi connectivity index (χ3n) is 4.66. The van der Waals surface area contributed by atoms with E-state index in [0.717, 1.165) is 30.8 Å². The van der Waals surface area contributed by atoms with Gasteiger partial charge < -0.3 is 24.7 Å². The lowest BCUT2D eigenvalue weighted by Gasteiger charge is -2.25. The Hall–Kier alpha value is -2.38. The minimum atomic E-state index is -0.0915. The van der Waals surface area contributed by atoms with Crippen LogP contribution in [0.4, 0.5) is 0 Å². The summed E-state index contributed by atoms with van der Waals surface area (Å²) in [5, 5.41) is 6.48. The second kappa shape index (κ2) is 10.2. The highest BCUT2D eigenvalue weighted by atomic mass is 32.1. The highest BCUT2D eigenvalue weighted by Crippen LogP contribution is 2.12. The van der Waals surface area contributed by atoms with Crippen molar-refractivity contribution in [2.24, 2.45) is 0 Å². The Morgan fingerprint density at radius 3 is 2.71 bits per heavy atom. The zero-order valence-corrected chi connectivity index (χ0v) is 17.0. The minimum Gasteiger partial charge on any atom is -0.467 e. The van der Waals surface area contributed by atoms with Crippen LogP contribution in [0.2, 0.25) is 0 Å². The van der Waals surface area contributed by atoms with Crippen LogP contribution in [-0.4, -0.2) is 41.7 Å². The van der Waals surface area contributed by atoms with Gasteiger partial charge in [0, 0.05) is 19.7 Å². The highest BCUT2D eigenvalue weighted by Gasteiger charge is 2.17. The number of carbonyl (C=O) groups is 1. The standard InChI is InChI=1S/C21H27N3O3S/c1-16-6-8-17(9-7-16)14-24(15-19-5-3-11-27-19)21(28)23-13-20(25)22-12-18-4-2-10-26-18/h3,5-9,11,18H,2,4,10,12-15H2,1H3,(H,22,25)(H,23,28)/t18-/m0/s1. The molecule has 1 fully saturated rings. The first-order valence-electron chi connectivity index (χ1n) is 9.59. The Kier molecular flexibility index (Phi) is 7.45. The molecule has 2 aromatic rings. The Bertz CT molecular complexity index is 756. The molecule has 1 aromatic heterocycles. The molecule has 3 rings (SSSR count). The second-order valence-electron chi connectivity index (χ2n) is 7.02. The third-order valence-corrected chi connectivity index (χ3v) is 5.06. The van der Waals surface area contributed by atoms with Crippen molar-refractivity contribution in [3.63, 3.8) is 0 Å². The van der Waals surface area contributed by atoms with E-state index in [9.17, 15) is 4.79 Å². The number of nitrogens with one attached hydrogen (secondary N) is 2. The van der Waals surface area contributed by atoms with E-state index in [4.69, 9.17) is 21.4 Å². The number of hydrogen-bond donors (Lipinski definition) is 2. The molecule has 28 heavy (non-hydrogen) atoms. The molecule has 0 spiro atoms. The molecule has 1 amide bonds. The van der Waals surface area contributed by atoms with E-state index in [1.807, 2.05) is 17.0 Å². The summed E-state index contributed by atoms with van der Waals surface area (Å²) in [6.07, 6.45) is 3.84. The molecular formula is C21H27N3O3S. The van der Waals surface area contributed by atoms with Crippen molar-refractivity contribution in [2.45, 2.75) is 39.0 Å². The molecule has 1 aliphatic rings. The van der Waals surface area contributed by atoms with Crippen LogP contribution in [-0.2, 0) is 22.6 Å². The molecule has 1 atom stereocenters. The summed E-state index contributed by atoms with van der Waals surface area (Å²) in [6, 6.07) is 12.1. The monoisotopic (exact) mass is 401 g/mol. The van der Waals surface area contributed by atoms with E-state index in [2.05, 4.69) is 41.8 Å². The first-order chi connectivity index (χ1) is 13.6. The highest BCUT2D eigenvalue weighted by molar-refractivity contribution is 7.80. The third kappa shape index (κ3) is 6.35. The number of nitrogens with zero attached hydrogens (tertiary/aromatic N) is 1. The maximum absolute atomic E-state index is 12.1. The van der Waals surface area contributed by atoms with Crippen LogP contribution < -0.4 is 10.6 Å². The minimum absolute atomic E-state index is 0.0915. The lowest BCUT2D eigenvalue weighted by molar-refractivity contribution is -0.120. The lowest BCUT2D eigenvalue weighted by Crippen LogP contribution is -2.44. The normalized spacial score (nSPS) is 16.0. The van der Waals surface area contributed by atoms with Crippen LogP contribution in [0.1, 0.15) is 29.7 Å². The number of thiocarbonyl (C=S) groups is 1. The molecule has 0 saturated carbocycles. The quantitative estimate of drug-likeness (QED) is 0.663. The fourth-order valence-corrected chi connectivity index (χ4v) is 3.27. The van der Waals surface area contributed by atoms with Crippen molar-refractivity contribution in [1.82, 2.24) is 15.5 Å². The second-order valence-corrected chi connectivity index (χ2v) is 7.41. The number of carbonyl (C=O) groups excluding carboxylic acids is 1. The lowest BCUT2D eigenvalue weighted by atomic mass is 10.1. The zero-order chi connectivity index (χ0) is 19.8. The average molecular weight is 402 g/mol. The van der Waals surface area contributed by atoms with Gasteiger partial charge in [-0.2, -0.15) is 0 Å². The number of amides is 1. The van der Waals surface area contributed by atoms with Crippen LogP contribution in [0.3, 0.4) is 0 Å². The van der Waals surface area contributed by atoms with Gasteiger partial charge in [0.05, 0.1) is 25.5 Å². The van der Waals surface area contributed by atoms with Crippen LogP contribution in [0, 0.1) is 6.92 Å². The molecule has 6 nitrogen and oxygen atoms in total. The Balaban J connectivity index is 1.52. The summed E-state index contributed by atoms with van der Waals surface area (Å²) in [7, 11) is 0. The fraction of sp³-hybridized carbons (Fsp3) is 0.429. The molecule has 7 heteroatoms. The van der Waals surface area contributed by atoms with Crippen LogP contribution >= 0.6 is 12.2 Å². The van der Waals surface area contributed by atoms with E-state index in [1.165, 1.54) is 5.56 Å². The molecule has 0 unspecified atom stereocenters. The van der Waals surface area contributed by atoms with Gasteiger partial charge in [0.2, 0.25) is 5.91 Å². The van der Waals surface area contributed by atoms with Gasteiger partial charge in [-0.1, -0.05) is 29.8 Å². The Morgan fingerprint density at radius 1 is 1.21 bits per heavy atom. The number of benzene rings is 1. The number of rotatable bonds is 8. The van der Waals surface area contributed by atoms with Crippen molar-refractivity contribution < 1.29 is 13.9 Å². The number of ether oxygens (including phenoxy) is 1. The first kappa shape index (κ1) is 20.4. The van der Waals surface area contributed by atoms with Gasteiger partial charge in [-0.25, -0.2) is 0 Å². The summed E-state index contributed by atoms with van der Waals surface area (Å²) in [4.78, 5) is 14.1. The van der Waals surface area contributed by atoms with Gasteiger partial charge in [0.1, 0.15) is 5.76 Å². The average Bonchev–Trinajstić information content (AvgIpc) is 3.39. The summed E-state index contributed by atoms with van der Waals surface area (Å²) in [6.45, 7) is 4.69. The molecule has 1 aliphatic heterocycles. The number of hydrogen-bond acceptors (Lipinski definition) is 4. The summed E-state index contributed by atoms with van der Waals surface area (Å²) in [5.41, 5.74) is 2.36. The molecule has 150 valence electrons. The largest absolute Gasteiger partial charge is 0.467 e. The molecule has 0 radical (unpaired) electrons. The van der Waals surface area contributed by atoms with Gasteiger partial charge in [-0.05, 0) is 49.7 Å². The van der Waals surface area contributed by atoms with E-state index in [-0.39, 0.29) is 18.6 Å². The maximum atomic E-state index is 12.1. The summed E-state index contributed by atoms with van der Waals surface area (Å²) in [5.74, 6) is 0.727. The Morgan fingerprint density at radius 2 is 2.04 bits per heavy atom. The van der Waals surface area contributed by atoms with Gasteiger partial charge >= 0.3 is 0 Å². The topological polar surface area (TPSA) is 66.7 Å². The number of furan rings is 1. The predicted octanol–water partition coefficient (Wildman–Crippen LogP) is 2.76. The van der Waals surface area contributed by atoms with Gasteiger partial charge in [0.25, 0.3) is 0 Å². The van der Waals surface area contributed by atoms with Gasteiger partial charge in [-0.15, -0.1) is 0 Å². The van der Waals surface area contributed by atoms with E-state index >= 15 is 0 Å². The predicted molar refractivity (Wildman–Crippen MR) is 112 cm³/mol. The van der Waals surface area contributed by atoms with Crippen molar-refractivity contribution in [3.05, 3.63) is 59.5 Å². The molecule has 1 saturated heterocycles. The van der Waals surface area contributed by atoms with Crippen LogP contribution in [0.25, 0.3) is 0 Å². The SMILES string of the molecule is Cc1ccc(CN(Cc2ccco2)C(=S)NCC(=O)NC[C@@H]2CCCO2)cc1. The number of aryl methyl sites for hydroxylation is 1. The molecule has 2 heterocycles. The van der Waals surface area contributed by atoms with E-state index < -0.39 is 0 Å². The van der Waals surface area contributed by atoms with Crippen LogP contribution in [0.5, 0.6) is 0 Å². The maximum Gasteiger partial charge on any atom is 0.239 e. The zero-order valence-electron chi connectivity index (χ0n) is 16.1. The fourth-order valence-electron chi connectivity index (χ4n) is 3.07. The molecule has 0 bridgehead atoms. The summed E-state index contributed by atoms with van der Waals surface area (Å²) >= 11 is 5.55. The van der Waals surface area contributed by atoms with Crippen molar-refractivity contribution in [2.75, 3.05) is 19.7 Å². The molecular weight excluding hydrogens is 374 g/mol. The van der Waals surface area contributed by atoms with Gasteiger partial charge in [0.15, 0.2) is 5.11 Å². The Labute approximate surface area is 171 Å². The molecule has 0 aliphatic carbocycles.